The number of hydrogen-bond donors (Lipinski definition) is 0. The minimum absolute atomic E-state index is 0.187. The molecule has 0 N–H and O–H groups in total. The van der Waals surface area contributed by atoms with Gasteiger partial charge in [0.15, 0.2) is 5.78 Å². The highest BCUT2D eigenvalue weighted by molar-refractivity contribution is 9.10. The highest BCUT2D eigenvalue weighted by atomic mass is 79.9. The first-order valence-electron chi connectivity index (χ1n) is 8.09. The van der Waals surface area contributed by atoms with E-state index in [1.54, 1.807) is 50.6 Å². The molecule has 0 radical (unpaired) electrons. The smallest absolute Gasteiger partial charge is 0.328 e. The second-order valence-corrected chi connectivity index (χ2v) is 6.99. The largest absolute Gasteiger partial charge is 0.330 e. The summed E-state index contributed by atoms with van der Waals surface area (Å²) in [5.41, 5.74) is 10.8. The highest BCUT2D eigenvalue weighted by Crippen LogP contribution is 2.31. The third-order valence-electron chi connectivity index (χ3n) is 4.14. The van der Waals surface area contributed by atoms with Crippen LogP contribution in [0.4, 0.5) is 4.79 Å². The first-order valence-corrected chi connectivity index (χ1v) is 8.89. The van der Waals surface area contributed by atoms with Gasteiger partial charge in [0.05, 0.1) is 12.1 Å². The van der Waals surface area contributed by atoms with Gasteiger partial charge in [-0.1, -0.05) is 51.4 Å². The summed E-state index contributed by atoms with van der Waals surface area (Å²) in [5, 5.41) is 4.20. The fraction of sp³-hybridized carbons (Fsp3) is 0.158. The van der Waals surface area contributed by atoms with Crippen molar-refractivity contribution in [3.8, 4) is 0 Å². The Balaban J connectivity index is 2.09. The molecule has 1 heterocycles. The van der Waals surface area contributed by atoms with Crippen LogP contribution in [0.2, 0.25) is 0 Å². The SMILES string of the molecule is CN(C)C(=O)n1cc(C(=O)c2ccc(CN=[N+]=[N-])cc2)c2c(Br)cccc21. The maximum Gasteiger partial charge on any atom is 0.328 e. The van der Waals surface area contributed by atoms with Gasteiger partial charge < -0.3 is 4.90 Å². The number of ketones is 1. The van der Waals surface area contributed by atoms with Crippen LogP contribution in [-0.4, -0.2) is 35.4 Å². The molecule has 0 aliphatic carbocycles. The summed E-state index contributed by atoms with van der Waals surface area (Å²) in [5.74, 6) is -0.187. The second-order valence-electron chi connectivity index (χ2n) is 6.14. The Morgan fingerprint density at radius 2 is 1.89 bits per heavy atom. The molecule has 1 amide bonds. The van der Waals surface area contributed by atoms with Crippen molar-refractivity contribution >= 4 is 38.6 Å². The number of halogens is 1. The monoisotopic (exact) mass is 425 g/mol. The van der Waals surface area contributed by atoms with Crippen molar-refractivity contribution in [3.63, 3.8) is 0 Å². The molecule has 0 saturated heterocycles. The number of benzene rings is 2. The summed E-state index contributed by atoms with van der Waals surface area (Å²) in [6.07, 6.45) is 1.58. The number of carbonyl (C=O) groups excluding carboxylic acids is 2. The molecule has 136 valence electrons. The zero-order valence-corrected chi connectivity index (χ0v) is 16.3. The molecule has 27 heavy (non-hydrogen) atoms. The standard InChI is InChI=1S/C19H16BrN5O2/c1-24(2)19(27)25-11-14(17-15(20)4-3-5-16(17)25)18(26)13-8-6-12(7-9-13)10-22-23-21/h3-9,11H,10H2,1-2H3. The number of rotatable bonds is 4. The number of amides is 1. The molecule has 0 bridgehead atoms. The van der Waals surface area contributed by atoms with Crippen molar-refractivity contribution in [2.75, 3.05) is 14.1 Å². The molecule has 8 heteroatoms. The van der Waals surface area contributed by atoms with E-state index >= 15 is 0 Å². The minimum Gasteiger partial charge on any atom is -0.330 e. The van der Waals surface area contributed by atoms with Crippen molar-refractivity contribution in [2.45, 2.75) is 6.54 Å². The Hall–Kier alpha value is -3.09. The summed E-state index contributed by atoms with van der Waals surface area (Å²) < 4.78 is 2.22. The first kappa shape index (κ1) is 18.7. The normalized spacial score (nSPS) is 10.5. The zero-order chi connectivity index (χ0) is 19.6. The number of azide groups is 1. The highest BCUT2D eigenvalue weighted by Gasteiger charge is 2.21. The molecule has 0 aliphatic rings. The van der Waals surface area contributed by atoms with Crippen molar-refractivity contribution in [1.29, 1.82) is 0 Å². The fourth-order valence-corrected chi connectivity index (χ4v) is 3.39. The molecule has 0 aliphatic heterocycles. The van der Waals surface area contributed by atoms with Gasteiger partial charge in [-0.25, -0.2) is 4.79 Å². The van der Waals surface area contributed by atoms with Crippen LogP contribution in [0, 0.1) is 0 Å². The Bertz CT molecular complexity index is 1080. The maximum atomic E-state index is 13.1. The molecule has 2 aromatic carbocycles. The van der Waals surface area contributed by atoms with Crippen LogP contribution < -0.4 is 0 Å². The minimum atomic E-state index is -0.234. The lowest BCUT2D eigenvalue weighted by molar-refractivity contribution is 0.104. The van der Waals surface area contributed by atoms with Crippen LogP contribution in [0.25, 0.3) is 21.3 Å². The Morgan fingerprint density at radius 3 is 2.52 bits per heavy atom. The number of hydrogen-bond acceptors (Lipinski definition) is 3. The van der Waals surface area contributed by atoms with E-state index in [1.807, 2.05) is 12.1 Å². The first-order chi connectivity index (χ1) is 12.9. The summed E-state index contributed by atoms with van der Waals surface area (Å²) in [4.78, 5) is 29.8. The third kappa shape index (κ3) is 3.58. The van der Waals surface area contributed by atoms with Gasteiger partial charge in [0.2, 0.25) is 0 Å². The lowest BCUT2D eigenvalue weighted by Crippen LogP contribution is -2.26. The molecular formula is C19H16BrN5O2. The number of fused-ring (bicyclic) bond motifs is 1. The fourth-order valence-electron chi connectivity index (χ4n) is 2.82. The molecule has 7 nitrogen and oxygen atoms in total. The molecule has 3 rings (SSSR count). The van der Waals surface area contributed by atoms with E-state index in [-0.39, 0.29) is 18.4 Å². The van der Waals surface area contributed by atoms with E-state index in [0.717, 1.165) is 10.0 Å². The lowest BCUT2D eigenvalue weighted by atomic mass is 10.0. The summed E-state index contributed by atoms with van der Waals surface area (Å²) >= 11 is 3.49. The van der Waals surface area contributed by atoms with Gasteiger partial charge in [0, 0.05) is 46.2 Å². The van der Waals surface area contributed by atoms with Crippen LogP contribution in [0.3, 0.4) is 0 Å². The molecule has 0 atom stereocenters. The van der Waals surface area contributed by atoms with Crippen molar-refractivity contribution in [1.82, 2.24) is 9.47 Å². The Kier molecular flexibility index (Phi) is 5.30. The van der Waals surface area contributed by atoms with Gasteiger partial charge in [-0.15, -0.1) is 0 Å². The quantitative estimate of drug-likeness (QED) is 0.255. The predicted molar refractivity (Wildman–Crippen MR) is 107 cm³/mol. The molecule has 3 aromatic rings. The van der Waals surface area contributed by atoms with Crippen molar-refractivity contribution in [3.05, 3.63) is 80.3 Å². The molecule has 1 aromatic heterocycles. The maximum absolute atomic E-state index is 13.1. The van der Waals surface area contributed by atoms with Crippen LogP contribution in [0.15, 0.2) is 58.2 Å². The van der Waals surface area contributed by atoms with E-state index in [9.17, 15) is 9.59 Å². The summed E-state index contributed by atoms with van der Waals surface area (Å²) in [6.45, 7) is 0.229. The van der Waals surface area contributed by atoms with Gasteiger partial charge in [0.25, 0.3) is 0 Å². The number of carbonyl (C=O) groups is 2. The van der Waals surface area contributed by atoms with Crippen LogP contribution in [0.1, 0.15) is 21.5 Å². The molecular weight excluding hydrogens is 410 g/mol. The van der Waals surface area contributed by atoms with E-state index in [4.69, 9.17) is 5.53 Å². The van der Waals surface area contributed by atoms with Gasteiger partial charge in [-0.2, -0.15) is 0 Å². The second kappa shape index (κ2) is 7.65. The van der Waals surface area contributed by atoms with E-state index in [2.05, 4.69) is 26.0 Å². The summed E-state index contributed by atoms with van der Waals surface area (Å²) in [6, 6.07) is 12.1. The number of nitrogens with zero attached hydrogens (tertiary/aromatic N) is 5. The topological polar surface area (TPSA) is 91.1 Å². The van der Waals surface area contributed by atoms with E-state index < -0.39 is 0 Å². The van der Waals surface area contributed by atoms with Crippen LogP contribution in [-0.2, 0) is 6.54 Å². The number of aromatic nitrogens is 1. The third-order valence-corrected chi connectivity index (χ3v) is 4.81. The van der Waals surface area contributed by atoms with Crippen LogP contribution in [0.5, 0.6) is 0 Å². The van der Waals surface area contributed by atoms with Gasteiger partial charge in [-0.3, -0.25) is 9.36 Å². The van der Waals surface area contributed by atoms with Gasteiger partial charge >= 0.3 is 6.03 Å². The summed E-state index contributed by atoms with van der Waals surface area (Å²) in [7, 11) is 3.33. The van der Waals surface area contributed by atoms with Crippen LogP contribution >= 0.6 is 15.9 Å². The molecule has 0 unspecified atom stereocenters. The Morgan fingerprint density at radius 1 is 1.19 bits per heavy atom. The van der Waals surface area contributed by atoms with E-state index in [1.165, 1.54) is 9.47 Å². The zero-order valence-electron chi connectivity index (χ0n) is 14.8. The van der Waals surface area contributed by atoms with E-state index in [0.29, 0.717) is 22.0 Å². The average Bonchev–Trinajstić information content (AvgIpc) is 3.06. The molecule has 0 saturated carbocycles. The predicted octanol–water partition coefficient (Wildman–Crippen LogP) is 4.97. The average molecular weight is 426 g/mol. The Labute approximate surface area is 163 Å². The molecule has 0 spiro atoms. The van der Waals surface area contributed by atoms with Gasteiger partial charge in [-0.05, 0) is 23.2 Å². The van der Waals surface area contributed by atoms with Gasteiger partial charge in [0.1, 0.15) is 0 Å². The van der Waals surface area contributed by atoms with Crippen molar-refractivity contribution < 1.29 is 9.59 Å². The molecule has 0 fully saturated rings. The van der Waals surface area contributed by atoms with Crippen molar-refractivity contribution in [2.24, 2.45) is 5.11 Å². The lowest BCUT2D eigenvalue weighted by Gasteiger charge is -2.11.